The van der Waals surface area contributed by atoms with E-state index in [1.165, 1.54) is 0 Å². The number of rotatable bonds is 2. The minimum Gasteiger partial charge on any atom is -0.354 e. The summed E-state index contributed by atoms with van der Waals surface area (Å²) in [6, 6.07) is 3.84. The van der Waals surface area contributed by atoms with Crippen molar-refractivity contribution in [3.05, 3.63) is 52.6 Å². The fourth-order valence-electron chi connectivity index (χ4n) is 3.95. The number of pyridine rings is 1. The first-order valence-corrected chi connectivity index (χ1v) is 8.83. The third-order valence-electron chi connectivity index (χ3n) is 5.22. The van der Waals surface area contributed by atoms with Crippen LogP contribution in [-0.2, 0) is 6.42 Å². The summed E-state index contributed by atoms with van der Waals surface area (Å²) in [6.07, 6.45) is 5.81. The van der Waals surface area contributed by atoms with Crippen LogP contribution in [0.2, 0.25) is 0 Å². The van der Waals surface area contributed by atoms with Crippen LogP contribution in [0.1, 0.15) is 56.6 Å². The van der Waals surface area contributed by atoms with Crippen LogP contribution in [0.5, 0.6) is 0 Å². The molecule has 1 saturated heterocycles. The number of amides is 1. The van der Waals surface area contributed by atoms with Gasteiger partial charge in [-0.1, -0.05) is 6.07 Å². The van der Waals surface area contributed by atoms with Crippen molar-refractivity contribution in [1.82, 2.24) is 20.2 Å². The summed E-state index contributed by atoms with van der Waals surface area (Å²) < 4.78 is 0. The average molecular weight is 338 g/mol. The summed E-state index contributed by atoms with van der Waals surface area (Å²) in [5, 5.41) is 3.35. The highest BCUT2D eigenvalue weighted by atomic mass is 16.2. The summed E-state index contributed by atoms with van der Waals surface area (Å²) in [6.45, 7) is 3.99. The van der Waals surface area contributed by atoms with Gasteiger partial charge in [-0.05, 0) is 37.0 Å². The first-order valence-electron chi connectivity index (χ1n) is 8.83. The van der Waals surface area contributed by atoms with Gasteiger partial charge in [-0.3, -0.25) is 14.6 Å². The summed E-state index contributed by atoms with van der Waals surface area (Å²) in [7, 11) is 0. The van der Waals surface area contributed by atoms with Crippen LogP contribution < -0.4 is 5.32 Å². The molecular formula is C19H22N4O2. The van der Waals surface area contributed by atoms with Crippen molar-refractivity contribution in [2.24, 2.45) is 0 Å². The van der Waals surface area contributed by atoms with Gasteiger partial charge in [0.25, 0.3) is 5.91 Å². The van der Waals surface area contributed by atoms with Crippen molar-refractivity contribution < 1.29 is 9.59 Å². The monoisotopic (exact) mass is 338 g/mol. The third-order valence-corrected chi connectivity index (χ3v) is 5.22. The standard InChI is InChI=1S/C19H22N4O2/c1-12-17-14(5-2-6-16(17)24)22-18(12)19(25)23-9-8-21-11-15(23)13-4-3-7-20-10-13/h3-4,7,10,15,21-22H,2,5-6,8-9,11H2,1H3. The molecule has 2 aliphatic rings. The third kappa shape index (κ3) is 2.76. The molecule has 4 rings (SSSR count). The van der Waals surface area contributed by atoms with E-state index in [-0.39, 0.29) is 17.7 Å². The molecule has 0 saturated carbocycles. The zero-order valence-electron chi connectivity index (χ0n) is 14.3. The highest BCUT2D eigenvalue weighted by molar-refractivity contribution is 6.04. The fourth-order valence-corrected chi connectivity index (χ4v) is 3.95. The lowest BCUT2D eigenvalue weighted by molar-refractivity contribution is 0.0627. The van der Waals surface area contributed by atoms with E-state index in [4.69, 9.17) is 0 Å². The number of piperazine rings is 1. The predicted octanol–water partition coefficient (Wildman–Crippen LogP) is 2.02. The number of ketones is 1. The zero-order chi connectivity index (χ0) is 17.4. The molecule has 1 aliphatic carbocycles. The van der Waals surface area contributed by atoms with E-state index in [0.29, 0.717) is 25.2 Å². The largest absolute Gasteiger partial charge is 0.354 e. The molecule has 0 aromatic carbocycles. The maximum absolute atomic E-state index is 13.3. The number of hydrogen-bond acceptors (Lipinski definition) is 4. The van der Waals surface area contributed by atoms with Crippen LogP contribution in [0.25, 0.3) is 0 Å². The molecule has 2 aromatic heterocycles. The first-order chi connectivity index (χ1) is 12.2. The molecule has 1 fully saturated rings. The molecule has 3 heterocycles. The van der Waals surface area contributed by atoms with E-state index < -0.39 is 0 Å². The number of Topliss-reactive ketones (excluding diaryl/α,β-unsaturated/α-hetero) is 1. The van der Waals surface area contributed by atoms with Crippen molar-refractivity contribution in [3.63, 3.8) is 0 Å². The minimum absolute atomic E-state index is 0.0324. The number of H-pyrrole nitrogens is 1. The lowest BCUT2D eigenvalue weighted by Gasteiger charge is -2.36. The molecule has 2 aromatic rings. The van der Waals surface area contributed by atoms with Gasteiger partial charge < -0.3 is 15.2 Å². The van der Waals surface area contributed by atoms with Gasteiger partial charge in [0.2, 0.25) is 0 Å². The number of carbonyl (C=O) groups is 2. The SMILES string of the molecule is Cc1c(C(=O)N2CCNCC2c2cccnc2)[nH]c2c1C(=O)CCC2. The lowest BCUT2D eigenvalue weighted by Crippen LogP contribution is -2.49. The number of carbonyl (C=O) groups excluding carboxylic acids is 2. The van der Waals surface area contributed by atoms with Gasteiger partial charge in [0.1, 0.15) is 5.69 Å². The number of aryl methyl sites for hydroxylation is 1. The van der Waals surface area contributed by atoms with Gasteiger partial charge >= 0.3 is 0 Å². The van der Waals surface area contributed by atoms with Gasteiger partial charge in [-0.15, -0.1) is 0 Å². The second-order valence-electron chi connectivity index (χ2n) is 6.76. The number of aromatic nitrogens is 2. The van der Waals surface area contributed by atoms with Gasteiger partial charge in [0, 0.05) is 49.7 Å². The van der Waals surface area contributed by atoms with E-state index in [1.54, 1.807) is 6.20 Å². The van der Waals surface area contributed by atoms with Crippen molar-refractivity contribution >= 4 is 11.7 Å². The van der Waals surface area contributed by atoms with E-state index in [2.05, 4.69) is 15.3 Å². The molecule has 0 radical (unpaired) electrons. The van der Waals surface area contributed by atoms with E-state index in [1.807, 2.05) is 30.2 Å². The quantitative estimate of drug-likeness (QED) is 0.878. The number of hydrogen-bond donors (Lipinski definition) is 2. The van der Waals surface area contributed by atoms with Crippen molar-refractivity contribution in [2.75, 3.05) is 19.6 Å². The van der Waals surface area contributed by atoms with Crippen LogP contribution >= 0.6 is 0 Å². The van der Waals surface area contributed by atoms with E-state index >= 15 is 0 Å². The van der Waals surface area contributed by atoms with Crippen LogP contribution in [0.15, 0.2) is 24.5 Å². The summed E-state index contributed by atoms with van der Waals surface area (Å²) in [5.74, 6) is 0.119. The van der Waals surface area contributed by atoms with Gasteiger partial charge in [0.05, 0.1) is 6.04 Å². The highest BCUT2D eigenvalue weighted by Gasteiger charge is 2.33. The second kappa shape index (κ2) is 6.44. The molecule has 1 unspecified atom stereocenters. The van der Waals surface area contributed by atoms with Gasteiger partial charge in [-0.25, -0.2) is 0 Å². The highest BCUT2D eigenvalue weighted by Crippen LogP contribution is 2.29. The molecule has 6 heteroatoms. The molecule has 1 atom stereocenters. The number of fused-ring (bicyclic) bond motifs is 1. The summed E-state index contributed by atoms with van der Waals surface area (Å²) in [5.41, 5.74) is 4.05. The second-order valence-corrected chi connectivity index (χ2v) is 6.76. The van der Waals surface area contributed by atoms with Crippen molar-refractivity contribution in [1.29, 1.82) is 0 Å². The molecular weight excluding hydrogens is 316 g/mol. The topological polar surface area (TPSA) is 78.1 Å². The molecule has 0 bridgehead atoms. The number of aromatic amines is 1. The van der Waals surface area contributed by atoms with Crippen LogP contribution in [-0.4, -0.2) is 46.2 Å². The Labute approximate surface area is 146 Å². The van der Waals surface area contributed by atoms with Crippen molar-refractivity contribution in [2.45, 2.75) is 32.2 Å². The smallest absolute Gasteiger partial charge is 0.271 e. The van der Waals surface area contributed by atoms with Gasteiger partial charge in [0.15, 0.2) is 5.78 Å². The van der Waals surface area contributed by atoms with Crippen LogP contribution in [0.3, 0.4) is 0 Å². The molecule has 6 nitrogen and oxygen atoms in total. The molecule has 130 valence electrons. The zero-order valence-corrected chi connectivity index (χ0v) is 14.3. The average Bonchev–Trinajstić information content (AvgIpc) is 3.00. The first kappa shape index (κ1) is 16.0. The van der Waals surface area contributed by atoms with Crippen LogP contribution in [0, 0.1) is 6.92 Å². The molecule has 1 aliphatic heterocycles. The summed E-state index contributed by atoms with van der Waals surface area (Å²) in [4.78, 5) is 34.8. The Bertz CT molecular complexity index is 812. The fraction of sp³-hybridized carbons (Fsp3) is 0.421. The lowest BCUT2D eigenvalue weighted by atomic mass is 9.93. The maximum Gasteiger partial charge on any atom is 0.271 e. The Hall–Kier alpha value is -2.47. The molecule has 2 N–H and O–H groups in total. The van der Waals surface area contributed by atoms with E-state index in [9.17, 15) is 9.59 Å². The van der Waals surface area contributed by atoms with Crippen molar-refractivity contribution in [3.8, 4) is 0 Å². The number of nitrogens with zero attached hydrogens (tertiary/aromatic N) is 2. The van der Waals surface area contributed by atoms with Gasteiger partial charge in [-0.2, -0.15) is 0 Å². The maximum atomic E-state index is 13.3. The van der Waals surface area contributed by atoms with E-state index in [0.717, 1.165) is 41.8 Å². The predicted molar refractivity (Wildman–Crippen MR) is 93.7 cm³/mol. The Morgan fingerprint density at radius 1 is 1.36 bits per heavy atom. The Kier molecular flexibility index (Phi) is 4.13. The summed E-state index contributed by atoms with van der Waals surface area (Å²) >= 11 is 0. The molecule has 25 heavy (non-hydrogen) atoms. The minimum atomic E-state index is -0.0506. The Morgan fingerprint density at radius 3 is 3.00 bits per heavy atom. The Balaban J connectivity index is 1.69. The number of nitrogens with one attached hydrogen (secondary N) is 2. The molecule has 0 spiro atoms. The molecule has 1 amide bonds. The normalized spacial score (nSPS) is 20.4. The Morgan fingerprint density at radius 2 is 2.24 bits per heavy atom. The van der Waals surface area contributed by atoms with Crippen LogP contribution in [0.4, 0.5) is 0 Å².